The van der Waals surface area contributed by atoms with Crippen LogP contribution in [0.1, 0.15) is 38.7 Å². The lowest BCUT2D eigenvalue weighted by Crippen LogP contribution is -2.12. The van der Waals surface area contributed by atoms with E-state index in [1.165, 1.54) is 0 Å². The van der Waals surface area contributed by atoms with E-state index in [4.69, 9.17) is 9.84 Å². The molecule has 1 rings (SSSR count). The third kappa shape index (κ3) is 5.75. The maximum atomic E-state index is 11.7. The number of amides is 1. The van der Waals surface area contributed by atoms with Crippen molar-refractivity contribution in [2.75, 3.05) is 11.9 Å². The van der Waals surface area contributed by atoms with Crippen molar-refractivity contribution in [3.8, 4) is 5.75 Å². The molecule has 0 aliphatic rings. The second-order valence-corrected chi connectivity index (χ2v) is 4.87. The molecule has 4 heteroatoms. The van der Waals surface area contributed by atoms with Crippen molar-refractivity contribution < 1.29 is 14.6 Å². The minimum Gasteiger partial charge on any atom is -0.491 e. The van der Waals surface area contributed by atoms with Gasteiger partial charge in [0.25, 0.3) is 0 Å². The van der Waals surface area contributed by atoms with Crippen LogP contribution >= 0.6 is 0 Å². The Morgan fingerprint density at radius 3 is 2.68 bits per heavy atom. The predicted molar refractivity (Wildman–Crippen MR) is 76.5 cm³/mol. The Morgan fingerprint density at radius 2 is 2.11 bits per heavy atom. The lowest BCUT2D eigenvalue weighted by atomic mass is 10.1. The number of nitrogens with one attached hydrogen (secondary N) is 1. The molecule has 2 N–H and O–H groups in total. The Hall–Kier alpha value is -1.55. The number of hydrogen-bond donors (Lipinski definition) is 2. The molecule has 0 bridgehead atoms. The van der Waals surface area contributed by atoms with Gasteiger partial charge in [-0.15, -0.1) is 0 Å². The first-order valence-corrected chi connectivity index (χ1v) is 6.71. The zero-order chi connectivity index (χ0) is 14.3. The molecule has 0 spiro atoms. The Labute approximate surface area is 114 Å². The van der Waals surface area contributed by atoms with Gasteiger partial charge in [0.2, 0.25) is 5.91 Å². The average molecular weight is 265 g/mol. The van der Waals surface area contributed by atoms with E-state index in [2.05, 4.69) is 5.32 Å². The van der Waals surface area contributed by atoms with Gasteiger partial charge in [-0.25, -0.2) is 0 Å². The molecule has 0 aliphatic heterocycles. The highest BCUT2D eigenvalue weighted by Gasteiger charge is 2.06. The molecule has 0 saturated heterocycles. The maximum Gasteiger partial charge on any atom is 0.224 e. The first-order valence-electron chi connectivity index (χ1n) is 6.71. The minimum absolute atomic E-state index is 0.0194. The van der Waals surface area contributed by atoms with Crippen LogP contribution in [-0.2, 0) is 4.79 Å². The monoisotopic (exact) mass is 265 g/mol. The molecule has 0 aliphatic carbocycles. The number of unbranched alkanes of at least 4 members (excludes halogenated alkanes) is 1. The number of ether oxygens (including phenoxy) is 1. The average Bonchev–Trinajstić information content (AvgIpc) is 2.32. The summed E-state index contributed by atoms with van der Waals surface area (Å²) in [7, 11) is 0. The van der Waals surface area contributed by atoms with Gasteiger partial charge in [-0.3, -0.25) is 4.79 Å². The van der Waals surface area contributed by atoms with E-state index in [1.807, 2.05) is 39.0 Å². The number of carbonyl (C=O) groups excluding carboxylic acids is 1. The number of aliphatic hydroxyl groups excluding tert-OH is 1. The largest absolute Gasteiger partial charge is 0.491 e. The van der Waals surface area contributed by atoms with E-state index in [9.17, 15) is 4.79 Å². The van der Waals surface area contributed by atoms with Gasteiger partial charge in [-0.2, -0.15) is 0 Å². The lowest BCUT2D eigenvalue weighted by Gasteiger charge is -2.13. The number of rotatable bonds is 7. The third-order valence-electron chi connectivity index (χ3n) is 2.66. The van der Waals surface area contributed by atoms with Gasteiger partial charge in [-0.05, 0) is 57.4 Å². The molecular formula is C15H23NO3. The van der Waals surface area contributed by atoms with Gasteiger partial charge < -0.3 is 15.2 Å². The molecule has 4 nitrogen and oxygen atoms in total. The van der Waals surface area contributed by atoms with E-state index in [1.54, 1.807) is 0 Å². The smallest absolute Gasteiger partial charge is 0.224 e. The number of benzene rings is 1. The van der Waals surface area contributed by atoms with Crippen LogP contribution in [0, 0.1) is 6.92 Å². The summed E-state index contributed by atoms with van der Waals surface area (Å²) in [5, 5.41) is 11.5. The van der Waals surface area contributed by atoms with Crippen molar-refractivity contribution in [1.29, 1.82) is 0 Å². The molecule has 0 aromatic heterocycles. The summed E-state index contributed by atoms with van der Waals surface area (Å²) in [5.41, 5.74) is 1.79. The molecule has 106 valence electrons. The van der Waals surface area contributed by atoms with E-state index in [0.29, 0.717) is 19.3 Å². The number of carbonyl (C=O) groups is 1. The van der Waals surface area contributed by atoms with E-state index < -0.39 is 0 Å². The third-order valence-corrected chi connectivity index (χ3v) is 2.66. The van der Waals surface area contributed by atoms with Crippen molar-refractivity contribution in [3.63, 3.8) is 0 Å². The fraction of sp³-hybridized carbons (Fsp3) is 0.533. The molecule has 0 unspecified atom stereocenters. The van der Waals surface area contributed by atoms with Crippen LogP contribution < -0.4 is 10.1 Å². The topological polar surface area (TPSA) is 58.6 Å². The summed E-state index contributed by atoms with van der Waals surface area (Å²) < 4.78 is 5.59. The summed E-state index contributed by atoms with van der Waals surface area (Å²) >= 11 is 0. The molecule has 1 amide bonds. The predicted octanol–water partition coefficient (Wildman–Crippen LogP) is 2.88. The highest BCUT2D eigenvalue weighted by Crippen LogP contribution is 2.22. The second-order valence-electron chi connectivity index (χ2n) is 4.87. The molecule has 19 heavy (non-hydrogen) atoms. The second kappa shape index (κ2) is 7.79. The van der Waals surface area contributed by atoms with E-state index in [0.717, 1.165) is 17.0 Å². The summed E-state index contributed by atoms with van der Waals surface area (Å²) in [6.45, 7) is 6.03. The van der Waals surface area contributed by atoms with Gasteiger partial charge in [0.15, 0.2) is 0 Å². The van der Waals surface area contributed by atoms with Crippen LogP contribution in [0.25, 0.3) is 0 Å². The van der Waals surface area contributed by atoms with Crippen molar-refractivity contribution in [2.24, 2.45) is 0 Å². The lowest BCUT2D eigenvalue weighted by molar-refractivity contribution is -0.116. The standard InChI is InChI=1S/C15H23NO3/c1-11(2)19-13-7-8-14(12(3)10-13)16-15(18)6-4-5-9-17/h7-8,10-11,17H,4-6,9H2,1-3H3,(H,16,18). The van der Waals surface area contributed by atoms with Crippen LogP contribution in [0.5, 0.6) is 5.75 Å². The summed E-state index contributed by atoms with van der Waals surface area (Å²) in [4.78, 5) is 11.7. The molecular weight excluding hydrogens is 242 g/mol. The number of aryl methyl sites for hydroxylation is 1. The number of anilines is 1. The van der Waals surface area contributed by atoms with Gasteiger partial charge >= 0.3 is 0 Å². The SMILES string of the molecule is Cc1cc(OC(C)C)ccc1NC(=O)CCCCO. The van der Waals surface area contributed by atoms with Crippen molar-refractivity contribution in [1.82, 2.24) is 0 Å². The molecule has 0 radical (unpaired) electrons. The van der Waals surface area contributed by atoms with Gasteiger partial charge in [0.05, 0.1) is 6.10 Å². The quantitative estimate of drug-likeness (QED) is 0.745. The van der Waals surface area contributed by atoms with Crippen molar-refractivity contribution in [3.05, 3.63) is 23.8 Å². The molecule has 1 aromatic rings. The van der Waals surface area contributed by atoms with E-state index in [-0.39, 0.29) is 18.6 Å². The Bertz CT molecular complexity index is 416. The zero-order valence-corrected chi connectivity index (χ0v) is 11.9. The normalized spacial score (nSPS) is 10.6. The maximum absolute atomic E-state index is 11.7. The van der Waals surface area contributed by atoms with E-state index >= 15 is 0 Å². The molecule has 1 aromatic carbocycles. The Kier molecular flexibility index (Phi) is 6.36. The highest BCUT2D eigenvalue weighted by atomic mass is 16.5. The first-order chi connectivity index (χ1) is 9.02. The zero-order valence-electron chi connectivity index (χ0n) is 11.9. The highest BCUT2D eigenvalue weighted by molar-refractivity contribution is 5.91. The van der Waals surface area contributed by atoms with Crippen LogP contribution in [-0.4, -0.2) is 23.7 Å². The number of aliphatic hydroxyl groups is 1. The van der Waals surface area contributed by atoms with Gasteiger partial charge in [-0.1, -0.05) is 0 Å². The fourth-order valence-corrected chi connectivity index (χ4v) is 1.73. The van der Waals surface area contributed by atoms with Crippen LogP contribution in [0.2, 0.25) is 0 Å². The van der Waals surface area contributed by atoms with Crippen LogP contribution in [0.15, 0.2) is 18.2 Å². The number of hydrogen-bond acceptors (Lipinski definition) is 3. The Balaban J connectivity index is 2.57. The molecule has 0 atom stereocenters. The Morgan fingerprint density at radius 1 is 1.37 bits per heavy atom. The van der Waals surface area contributed by atoms with Crippen LogP contribution in [0.3, 0.4) is 0 Å². The van der Waals surface area contributed by atoms with Crippen molar-refractivity contribution in [2.45, 2.75) is 46.1 Å². The minimum atomic E-state index is -0.0194. The van der Waals surface area contributed by atoms with Crippen LogP contribution in [0.4, 0.5) is 5.69 Å². The molecule has 0 fully saturated rings. The molecule has 0 heterocycles. The summed E-state index contributed by atoms with van der Waals surface area (Å²) in [6, 6.07) is 5.64. The van der Waals surface area contributed by atoms with Gasteiger partial charge in [0.1, 0.15) is 5.75 Å². The summed E-state index contributed by atoms with van der Waals surface area (Å²) in [5.74, 6) is 0.792. The molecule has 0 saturated carbocycles. The van der Waals surface area contributed by atoms with Gasteiger partial charge in [0, 0.05) is 18.7 Å². The van der Waals surface area contributed by atoms with Crippen molar-refractivity contribution >= 4 is 11.6 Å². The fourth-order valence-electron chi connectivity index (χ4n) is 1.73. The summed E-state index contributed by atoms with van der Waals surface area (Å²) in [6.07, 6.45) is 1.94. The first kappa shape index (κ1) is 15.5.